The van der Waals surface area contributed by atoms with Crippen molar-refractivity contribution in [3.8, 4) is 5.75 Å². The number of aromatic hydroxyl groups is 1. The molecule has 2 N–H and O–H groups in total. The Morgan fingerprint density at radius 3 is 2.61 bits per heavy atom. The SMILES string of the molecule is CCC1CCC(NC(C)c2cccc(O)c2)CC1. The number of rotatable bonds is 4. The molecule has 1 aromatic carbocycles. The summed E-state index contributed by atoms with van der Waals surface area (Å²) in [5, 5.41) is 13.2. The number of phenolic OH excluding ortho intramolecular Hbond substituents is 1. The van der Waals surface area contributed by atoms with Gasteiger partial charge >= 0.3 is 0 Å². The number of nitrogens with one attached hydrogen (secondary N) is 1. The Labute approximate surface area is 110 Å². The Hall–Kier alpha value is -1.02. The topological polar surface area (TPSA) is 32.3 Å². The second-order valence-corrected chi connectivity index (χ2v) is 5.61. The van der Waals surface area contributed by atoms with Crippen molar-refractivity contribution >= 4 is 0 Å². The molecule has 1 saturated carbocycles. The van der Waals surface area contributed by atoms with Crippen LogP contribution in [0.4, 0.5) is 0 Å². The van der Waals surface area contributed by atoms with E-state index in [2.05, 4.69) is 25.2 Å². The molecule has 1 fully saturated rings. The van der Waals surface area contributed by atoms with Gasteiger partial charge in [-0.3, -0.25) is 0 Å². The third-order valence-electron chi connectivity index (χ3n) is 4.28. The highest BCUT2D eigenvalue weighted by Crippen LogP contribution is 2.28. The van der Waals surface area contributed by atoms with Crippen molar-refractivity contribution in [1.29, 1.82) is 0 Å². The van der Waals surface area contributed by atoms with E-state index in [1.54, 1.807) is 6.07 Å². The van der Waals surface area contributed by atoms with Crippen molar-refractivity contribution in [3.05, 3.63) is 29.8 Å². The van der Waals surface area contributed by atoms with Gasteiger partial charge in [-0.25, -0.2) is 0 Å². The molecule has 0 spiro atoms. The molecular formula is C16H25NO. The first-order valence-electron chi connectivity index (χ1n) is 7.24. The highest BCUT2D eigenvalue weighted by molar-refractivity contribution is 5.29. The van der Waals surface area contributed by atoms with Crippen LogP contribution in [0.5, 0.6) is 5.75 Å². The van der Waals surface area contributed by atoms with Crippen molar-refractivity contribution in [2.75, 3.05) is 0 Å². The molecule has 0 saturated heterocycles. The van der Waals surface area contributed by atoms with Crippen LogP contribution < -0.4 is 5.32 Å². The first-order valence-corrected chi connectivity index (χ1v) is 7.24. The zero-order valence-corrected chi connectivity index (χ0v) is 11.5. The van der Waals surface area contributed by atoms with Crippen molar-refractivity contribution in [2.45, 2.75) is 58.0 Å². The van der Waals surface area contributed by atoms with Gasteiger partial charge in [-0.2, -0.15) is 0 Å². The van der Waals surface area contributed by atoms with E-state index in [0.717, 1.165) is 5.92 Å². The summed E-state index contributed by atoms with van der Waals surface area (Å²) in [7, 11) is 0. The fourth-order valence-electron chi connectivity index (χ4n) is 2.98. The highest BCUT2D eigenvalue weighted by atomic mass is 16.3. The molecule has 18 heavy (non-hydrogen) atoms. The normalized spacial score (nSPS) is 25.9. The molecule has 2 rings (SSSR count). The maximum Gasteiger partial charge on any atom is 0.115 e. The van der Waals surface area contributed by atoms with Crippen molar-refractivity contribution in [1.82, 2.24) is 5.32 Å². The quantitative estimate of drug-likeness (QED) is 0.842. The highest BCUT2D eigenvalue weighted by Gasteiger charge is 2.21. The maximum atomic E-state index is 9.51. The first-order chi connectivity index (χ1) is 8.69. The van der Waals surface area contributed by atoms with Crippen LogP contribution in [-0.4, -0.2) is 11.1 Å². The molecule has 1 aliphatic carbocycles. The average molecular weight is 247 g/mol. The third-order valence-corrected chi connectivity index (χ3v) is 4.28. The molecule has 0 heterocycles. The van der Waals surface area contributed by atoms with Gasteiger partial charge in [0.1, 0.15) is 5.75 Å². The molecule has 1 unspecified atom stereocenters. The molecule has 0 bridgehead atoms. The molecule has 0 aliphatic heterocycles. The number of hydrogen-bond acceptors (Lipinski definition) is 2. The minimum absolute atomic E-state index is 0.320. The number of benzene rings is 1. The van der Waals surface area contributed by atoms with Crippen LogP contribution >= 0.6 is 0 Å². The van der Waals surface area contributed by atoms with Gasteiger partial charge in [0.15, 0.2) is 0 Å². The van der Waals surface area contributed by atoms with Crippen LogP contribution in [0.2, 0.25) is 0 Å². The summed E-state index contributed by atoms with van der Waals surface area (Å²) in [5.41, 5.74) is 1.17. The van der Waals surface area contributed by atoms with Crippen LogP contribution in [0.3, 0.4) is 0 Å². The van der Waals surface area contributed by atoms with E-state index < -0.39 is 0 Å². The van der Waals surface area contributed by atoms with Gasteiger partial charge in [0, 0.05) is 12.1 Å². The molecule has 1 atom stereocenters. The van der Waals surface area contributed by atoms with Crippen molar-refractivity contribution < 1.29 is 5.11 Å². The summed E-state index contributed by atoms with van der Waals surface area (Å²) in [6.07, 6.45) is 6.64. The Kier molecular flexibility index (Phi) is 4.65. The summed E-state index contributed by atoms with van der Waals surface area (Å²) in [6.45, 7) is 4.48. The smallest absolute Gasteiger partial charge is 0.115 e. The molecule has 0 radical (unpaired) electrons. The lowest BCUT2D eigenvalue weighted by atomic mass is 9.84. The molecule has 2 nitrogen and oxygen atoms in total. The van der Waals surface area contributed by atoms with E-state index in [9.17, 15) is 5.11 Å². The Balaban J connectivity index is 1.86. The molecule has 100 valence electrons. The molecule has 1 aromatic rings. The Morgan fingerprint density at radius 2 is 2.00 bits per heavy atom. The summed E-state index contributed by atoms with van der Waals surface area (Å²) >= 11 is 0. The Morgan fingerprint density at radius 1 is 1.28 bits per heavy atom. The maximum absolute atomic E-state index is 9.51. The van der Waals surface area contributed by atoms with Crippen LogP contribution in [0.25, 0.3) is 0 Å². The minimum Gasteiger partial charge on any atom is -0.508 e. The van der Waals surface area contributed by atoms with E-state index in [0.29, 0.717) is 17.8 Å². The fourth-order valence-corrected chi connectivity index (χ4v) is 2.98. The van der Waals surface area contributed by atoms with Crippen LogP contribution in [-0.2, 0) is 0 Å². The summed E-state index contributed by atoms with van der Waals surface area (Å²) < 4.78 is 0. The molecule has 0 aromatic heterocycles. The van der Waals surface area contributed by atoms with E-state index in [4.69, 9.17) is 0 Å². The van der Waals surface area contributed by atoms with E-state index >= 15 is 0 Å². The molecule has 1 aliphatic rings. The van der Waals surface area contributed by atoms with Crippen molar-refractivity contribution in [3.63, 3.8) is 0 Å². The second-order valence-electron chi connectivity index (χ2n) is 5.61. The molecule has 0 amide bonds. The average Bonchev–Trinajstić information content (AvgIpc) is 2.39. The van der Waals surface area contributed by atoms with Gasteiger partial charge in [-0.05, 0) is 56.2 Å². The van der Waals surface area contributed by atoms with Gasteiger partial charge in [0.25, 0.3) is 0 Å². The first kappa shape index (κ1) is 13.4. The number of hydrogen-bond donors (Lipinski definition) is 2. The minimum atomic E-state index is 0.320. The van der Waals surface area contributed by atoms with Crippen LogP contribution in [0, 0.1) is 5.92 Å². The summed E-state index contributed by atoms with van der Waals surface area (Å²) in [4.78, 5) is 0. The van der Waals surface area contributed by atoms with Crippen LogP contribution in [0.15, 0.2) is 24.3 Å². The zero-order valence-electron chi connectivity index (χ0n) is 11.5. The lowest BCUT2D eigenvalue weighted by Gasteiger charge is -2.31. The predicted octanol–water partition coefficient (Wildman–Crippen LogP) is 4.01. The van der Waals surface area contributed by atoms with Gasteiger partial charge < -0.3 is 10.4 Å². The zero-order chi connectivity index (χ0) is 13.0. The lowest BCUT2D eigenvalue weighted by Crippen LogP contribution is -2.34. The van der Waals surface area contributed by atoms with Crippen molar-refractivity contribution in [2.24, 2.45) is 5.92 Å². The summed E-state index contributed by atoms with van der Waals surface area (Å²) in [5.74, 6) is 1.30. The van der Waals surface area contributed by atoms with Gasteiger partial charge in [-0.1, -0.05) is 25.5 Å². The fraction of sp³-hybridized carbons (Fsp3) is 0.625. The van der Waals surface area contributed by atoms with E-state index in [1.807, 2.05) is 12.1 Å². The molecular weight excluding hydrogens is 222 g/mol. The van der Waals surface area contributed by atoms with Crippen LogP contribution in [0.1, 0.15) is 57.6 Å². The van der Waals surface area contributed by atoms with Gasteiger partial charge in [0.2, 0.25) is 0 Å². The lowest BCUT2D eigenvalue weighted by molar-refractivity contribution is 0.273. The van der Waals surface area contributed by atoms with E-state index in [-0.39, 0.29) is 0 Å². The van der Waals surface area contributed by atoms with Gasteiger partial charge in [0.05, 0.1) is 0 Å². The monoisotopic (exact) mass is 247 g/mol. The van der Waals surface area contributed by atoms with E-state index in [1.165, 1.54) is 37.7 Å². The third kappa shape index (κ3) is 3.49. The number of phenols is 1. The predicted molar refractivity (Wildman–Crippen MR) is 75.7 cm³/mol. The van der Waals surface area contributed by atoms with Gasteiger partial charge in [-0.15, -0.1) is 0 Å². The summed E-state index contributed by atoms with van der Waals surface area (Å²) in [6, 6.07) is 8.54. The second kappa shape index (κ2) is 6.24. The largest absolute Gasteiger partial charge is 0.508 e. The Bertz CT molecular complexity index is 369. The standard InChI is InChI=1S/C16H25NO/c1-3-13-7-9-15(10-8-13)17-12(2)14-5-4-6-16(18)11-14/h4-6,11-13,15,17-18H,3,7-10H2,1-2H3. The molecule has 2 heteroatoms.